The second-order valence-electron chi connectivity index (χ2n) is 4.86. The normalized spacial score (nSPS) is 11.8. The summed E-state index contributed by atoms with van der Waals surface area (Å²) in [5, 5.41) is 19.2. The molecule has 0 radical (unpaired) electrons. The van der Waals surface area contributed by atoms with Crippen molar-refractivity contribution in [1.82, 2.24) is 0 Å². The molecule has 6 nitrogen and oxygen atoms in total. The van der Waals surface area contributed by atoms with E-state index in [9.17, 15) is 15.0 Å². The van der Waals surface area contributed by atoms with Crippen molar-refractivity contribution >= 4 is 24.5 Å². The Labute approximate surface area is 150 Å². The Hall–Kier alpha value is -2.80. The number of allylic oxidation sites excluding steroid dienone is 1. The first kappa shape index (κ1) is 18.5. The predicted molar refractivity (Wildman–Crippen MR) is 97.2 cm³/mol. The summed E-state index contributed by atoms with van der Waals surface area (Å²) in [5.41, 5.74) is 0.978. The average molecular weight is 362 g/mol. The van der Waals surface area contributed by atoms with Gasteiger partial charge < -0.3 is 24.4 Å². The van der Waals surface area contributed by atoms with Crippen molar-refractivity contribution in [3.8, 4) is 28.7 Å². The molecule has 2 N–H and O–H groups in total. The van der Waals surface area contributed by atoms with Gasteiger partial charge in [0.05, 0.1) is 7.11 Å². The number of rotatable bonds is 4. The van der Waals surface area contributed by atoms with Gasteiger partial charge in [-0.25, -0.2) is 0 Å². The van der Waals surface area contributed by atoms with Gasteiger partial charge in [-0.3, -0.25) is 4.79 Å². The molecule has 1 heterocycles. The highest BCUT2D eigenvalue weighted by Gasteiger charge is 2.14. The smallest absolute Gasteiger partial charge is 0.231 e. The first-order valence-corrected chi connectivity index (χ1v) is 8.14. The third kappa shape index (κ3) is 4.19. The molecule has 2 aromatic carbocycles. The molecule has 1 aliphatic heterocycles. The van der Waals surface area contributed by atoms with Crippen LogP contribution in [0.2, 0.25) is 0 Å². The number of ether oxygens (including phenoxy) is 3. The predicted octanol–water partition coefficient (Wildman–Crippen LogP) is 3.28. The van der Waals surface area contributed by atoms with Gasteiger partial charge in [-0.2, -0.15) is 12.6 Å². The van der Waals surface area contributed by atoms with Crippen LogP contribution >= 0.6 is 12.6 Å². The van der Waals surface area contributed by atoms with Gasteiger partial charge in [-0.15, -0.1) is 0 Å². The van der Waals surface area contributed by atoms with Crippen LogP contribution in [0.3, 0.4) is 0 Å². The molecular formula is C18H18O6S. The van der Waals surface area contributed by atoms with E-state index in [2.05, 4.69) is 12.6 Å². The molecule has 7 heteroatoms. The molecule has 0 atom stereocenters. The van der Waals surface area contributed by atoms with Crippen LogP contribution in [-0.4, -0.2) is 36.2 Å². The largest absolute Gasteiger partial charge is 0.504 e. The zero-order valence-electron chi connectivity index (χ0n) is 13.7. The second kappa shape index (κ2) is 8.34. The van der Waals surface area contributed by atoms with E-state index < -0.39 is 11.5 Å². The summed E-state index contributed by atoms with van der Waals surface area (Å²) in [4.78, 5) is 12.2. The van der Waals surface area contributed by atoms with Gasteiger partial charge in [0.25, 0.3) is 0 Å². The number of hydrogen-bond acceptors (Lipinski definition) is 7. The number of fused-ring (bicyclic) bond motifs is 1. The third-order valence-corrected chi connectivity index (χ3v) is 3.38. The molecule has 0 saturated carbocycles. The van der Waals surface area contributed by atoms with Crippen LogP contribution < -0.4 is 14.2 Å². The van der Waals surface area contributed by atoms with Crippen LogP contribution in [0.25, 0.3) is 6.08 Å². The monoisotopic (exact) mass is 362 g/mol. The van der Waals surface area contributed by atoms with E-state index >= 15 is 0 Å². The number of carbonyl (C=O) groups excluding carboxylic acids is 1. The molecule has 2 aromatic rings. The molecule has 0 bridgehead atoms. The number of methoxy groups -OCH3 is 1. The van der Waals surface area contributed by atoms with E-state index in [1.807, 2.05) is 0 Å². The van der Waals surface area contributed by atoms with Crippen LogP contribution in [-0.2, 0) is 0 Å². The molecule has 0 spiro atoms. The first-order valence-electron chi connectivity index (χ1n) is 7.25. The summed E-state index contributed by atoms with van der Waals surface area (Å²) in [7, 11) is 1.34. The number of phenols is 2. The van der Waals surface area contributed by atoms with Crippen molar-refractivity contribution in [2.24, 2.45) is 0 Å². The highest BCUT2D eigenvalue weighted by molar-refractivity contribution is 7.79. The molecule has 1 aliphatic rings. The molecule has 0 unspecified atom stereocenters. The fourth-order valence-electron chi connectivity index (χ4n) is 2.18. The SMILES string of the molecule is COc1cc(C(=O)/C=C/c2ccc3c(c2)OCO3)cc(O)c1O.CS. The van der Waals surface area contributed by atoms with Gasteiger partial charge in [-0.05, 0) is 42.2 Å². The summed E-state index contributed by atoms with van der Waals surface area (Å²) in [5.74, 6) is 0.180. The van der Waals surface area contributed by atoms with Gasteiger partial charge in [-0.1, -0.05) is 12.1 Å². The zero-order chi connectivity index (χ0) is 18.4. The number of benzene rings is 2. The van der Waals surface area contributed by atoms with Gasteiger partial charge in [0, 0.05) is 5.56 Å². The van der Waals surface area contributed by atoms with Crippen LogP contribution in [0.5, 0.6) is 28.7 Å². The van der Waals surface area contributed by atoms with Crippen molar-refractivity contribution in [2.75, 3.05) is 20.2 Å². The van der Waals surface area contributed by atoms with E-state index in [1.165, 1.54) is 25.3 Å². The molecule has 3 rings (SSSR count). The number of aromatic hydroxyl groups is 2. The van der Waals surface area contributed by atoms with Crippen LogP contribution in [0.15, 0.2) is 36.4 Å². The van der Waals surface area contributed by atoms with E-state index in [0.29, 0.717) is 11.5 Å². The lowest BCUT2D eigenvalue weighted by Crippen LogP contribution is -1.96. The first-order chi connectivity index (χ1) is 12.1. The van der Waals surface area contributed by atoms with Gasteiger partial charge in [0.15, 0.2) is 28.8 Å². The van der Waals surface area contributed by atoms with Gasteiger partial charge >= 0.3 is 0 Å². The summed E-state index contributed by atoms with van der Waals surface area (Å²) >= 11 is 3.53. The number of hydrogen-bond donors (Lipinski definition) is 3. The zero-order valence-corrected chi connectivity index (χ0v) is 14.6. The van der Waals surface area contributed by atoms with Crippen molar-refractivity contribution in [3.63, 3.8) is 0 Å². The highest BCUT2D eigenvalue weighted by Crippen LogP contribution is 2.36. The molecular weight excluding hydrogens is 344 g/mol. The van der Waals surface area contributed by atoms with Gasteiger partial charge in [0.1, 0.15) is 0 Å². The Morgan fingerprint density at radius 2 is 1.88 bits per heavy atom. The average Bonchev–Trinajstić information content (AvgIpc) is 3.11. The van der Waals surface area contributed by atoms with Crippen molar-refractivity contribution in [3.05, 3.63) is 47.5 Å². The quantitative estimate of drug-likeness (QED) is 0.335. The Balaban J connectivity index is 0.00000109. The Bertz CT molecular complexity index is 800. The minimum Gasteiger partial charge on any atom is -0.504 e. The summed E-state index contributed by atoms with van der Waals surface area (Å²) in [6.45, 7) is 0.189. The minimum atomic E-state index is -0.413. The van der Waals surface area contributed by atoms with E-state index in [-0.39, 0.29) is 23.9 Å². The summed E-state index contributed by atoms with van der Waals surface area (Å²) in [6.07, 6.45) is 4.68. The summed E-state index contributed by atoms with van der Waals surface area (Å²) < 4.78 is 15.4. The molecule has 132 valence electrons. The van der Waals surface area contributed by atoms with Gasteiger partial charge in [0.2, 0.25) is 12.5 Å². The lowest BCUT2D eigenvalue weighted by molar-refractivity contribution is 0.104. The standard InChI is InChI=1S/C17H14O6.CH4S/c1-21-16-8-11(7-13(19)17(16)20)12(18)4-2-10-3-5-14-15(6-10)23-9-22-14;1-2/h2-8,19-20H,9H2,1H3;2H,1H3/b4-2+;. The minimum absolute atomic E-state index is 0.0322. The maximum absolute atomic E-state index is 12.2. The fraction of sp³-hybridized carbons (Fsp3) is 0.167. The van der Waals surface area contributed by atoms with E-state index in [1.54, 1.807) is 30.5 Å². The fourth-order valence-corrected chi connectivity index (χ4v) is 2.18. The lowest BCUT2D eigenvalue weighted by Gasteiger charge is -2.06. The molecule has 0 fully saturated rings. The lowest BCUT2D eigenvalue weighted by atomic mass is 10.1. The maximum Gasteiger partial charge on any atom is 0.231 e. The molecule has 0 saturated heterocycles. The Morgan fingerprint density at radius 3 is 2.60 bits per heavy atom. The van der Waals surface area contributed by atoms with Crippen LogP contribution in [0.4, 0.5) is 0 Å². The Kier molecular flexibility index (Phi) is 6.19. The van der Waals surface area contributed by atoms with E-state index in [4.69, 9.17) is 14.2 Å². The molecule has 0 amide bonds. The van der Waals surface area contributed by atoms with E-state index in [0.717, 1.165) is 5.56 Å². The number of carbonyl (C=O) groups is 1. The van der Waals surface area contributed by atoms with Crippen LogP contribution in [0, 0.1) is 0 Å². The molecule has 0 aromatic heterocycles. The van der Waals surface area contributed by atoms with Crippen molar-refractivity contribution in [2.45, 2.75) is 0 Å². The second-order valence-corrected chi connectivity index (χ2v) is 4.86. The molecule has 0 aliphatic carbocycles. The molecule has 25 heavy (non-hydrogen) atoms. The summed E-state index contributed by atoms with van der Waals surface area (Å²) in [6, 6.07) is 7.88. The van der Waals surface area contributed by atoms with Crippen molar-refractivity contribution in [1.29, 1.82) is 0 Å². The van der Waals surface area contributed by atoms with Crippen molar-refractivity contribution < 1.29 is 29.2 Å². The number of ketones is 1. The maximum atomic E-state index is 12.2. The topological polar surface area (TPSA) is 85.2 Å². The number of thiol groups is 1. The number of phenolic OH excluding ortho intramolecular Hbond substituents is 2. The van der Waals surface area contributed by atoms with Crippen LogP contribution in [0.1, 0.15) is 15.9 Å². The third-order valence-electron chi connectivity index (χ3n) is 3.38. The Morgan fingerprint density at radius 1 is 1.16 bits per heavy atom. The highest BCUT2D eigenvalue weighted by atomic mass is 32.1.